The van der Waals surface area contributed by atoms with Crippen LogP contribution in [0.15, 0.2) is 42.5 Å². The standard InChI is InChI=1S/C13H11/c1-2-6-12-10(4-1)5-3-7-13(12)11-8-9-11/h1-7H,8-9H2. The second-order valence-corrected chi connectivity index (χ2v) is 3.63. The zero-order valence-electron chi connectivity index (χ0n) is 7.46. The Morgan fingerprint density at radius 2 is 1.54 bits per heavy atom. The number of hydrogen-bond donors (Lipinski definition) is 0. The van der Waals surface area contributed by atoms with E-state index in [1.165, 1.54) is 29.2 Å². The highest BCUT2D eigenvalue weighted by atomic mass is 14.3. The van der Waals surface area contributed by atoms with Crippen LogP contribution < -0.4 is 0 Å². The molecule has 2 aromatic rings. The number of benzene rings is 2. The van der Waals surface area contributed by atoms with Crippen molar-refractivity contribution < 1.29 is 0 Å². The molecule has 1 saturated carbocycles. The molecular formula is C13H11. The lowest BCUT2D eigenvalue weighted by atomic mass is 10.0. The molecule has 1 radical (unpaired) electrons. The van der Waals surface area contributed by atoms with E-state index >= 15 is 0 Å². The van der Waals surface area contributed by atoms with Gasteiger partial charge in [0.25, 0.3) is 0 Å². The first kappa shape index (κ1) is 7.14. The molecule has 0 bridgehead atoms. The summed E-state index contributed by atoms with van der Waals surface area (Å²) >= 11 is 0. The number of hydrogen-bond acceptors (Lipinski definition) is 0. The maximum absolute atomic E-state index is 2.24. The van der Waals surface area contributed by atoms with Gasteiger partial charge in [0.2, 0.25) is 0 Å². The van der Waals surface area contributed by atoms with Gasteiger partial charge in [0.1, 0.15) is 0 Å². The largest absolute Gasteiger partial charge is 0.0616 e. The average molecular weight is 167 g/mol. The third kappa shape index (κ3) is 1.14. The van der Waals surface area contributed by atoms with Crippen LogP contribution in [0.4, 0.5) is 0 Å². The molecule has 0 heterocycles. The molecule has 0 aliphatic heterocycles. The van der Waals surface area contributed by atoms with Gasteiger partial charge in [-0.05, 0) is 29.2 Å². The molecule has 0 nitrogen and oxygen atoms in total. The predicted molar refractivity (Wildman–Crippen MR) is 55.5 cm³/mol. The van der Waals surface area contributed by atoms with E-state index in [0.29, 0.717) is 0 Å². The highest BCUT2D eigenvalue weighted by molar-refractivity contribution is 5.88. The van der Waals surface area contributed by atoms with E-state index in [4.69, 9.17) is 0 Å². The highest BCUT2D eigenvalue weighted by Crippen LogP contribution is 2.41. The fourth-order valence-electron chi connectivity index (χ4n) is 1.87. The van der Waals surface area contributed by atoms with Gasteiger partial charge in [0.05, 0.1) is 0 Å². The van der Waals surface area contributed by atoms with Crippen LogP contribution in [0.2, 0.25) is 0 Å². The Balaban J connectivity index is 2.32. The third-order valence-electron chi connectivity index (χ3n) is 2.67. The molecule has 0 heteroatoms. The third-order valence-corrected chi connectivity index (χ3v) is 2.67. The summed E-state index contributed by atoms with van der Waals surface area (Å²) in [6.07, 6.45) is 2.60. The molecule has 0 amide bonds. The summed E-state index contributed by atoms with van der Waals surface area (Å²) in [6, 6.07) is 15.2. The second kappa shape index (κ2) is 2.59. The molecule has 13 heavy (non-hydrogen) atoms. The van der Waals surface area contributed by atoms with Gasteiger partial charge in [-0.2, -0.15) is 0 Å². The smallest absolute Gasteiger partial charge is 0.00568 e. The summed E-state index contributed by atoms with van der Waals surface area (Å²) in [7, 11) is 0. The first-order chi connectivity index (χ1) is 6.45. The molecule has 63 valence electrons. The fraction of sp³-hybridized carbons (Fsp3) is 0.154. The minimum atomic E-state index is 1.30. The summed E-state index contributed by atoms with van der Waals surface area (Å²) in [4.78, 5) is 0. The summed E-state index contributed by atoms with van der Waals surface area (Å²) in [5.74, 6) is 1.62. The maximum Gasteiger partial charge on any atom is 0.00568 e. The molecule has 0 N–H and O–H groups in total. The van der Waals surface area contributed by atoms with Gasteiger partial charge < -0.3 is 0 Å². The lowest BCUT2D eigenvalue weighted by molar-refractivity contribution is 1.45. The topological polar surface area (TPSA) is 0 Å². The van der Waals surface area contributed by atoms with Gasteiger partial charge in [-0.25, -0.2) is 0 Å². The van der Waals surface area contributed by atoms with Gasteiger partial charge in [0.15, 0.2) is 0 Å². The van der Waals surface area contributed by atoms with Crippen LogP contribution in [0, 0.1) is 5.92 Å². The Morgan fingerprint density at radius 3 is 2.38 bits per heavy atom. The molecule has 1 fully saturated rings. The molecule has 0 atom stereocenters. The molecular weight excluding hydrogens is 156 g/mol. The van der Waals surface area contributed by atoms with Gasteiger partial charge in [-0.15, -0.1) is 0 Å². The van der Waals surface area contributed by atoms with Gasteiger partial charge >= 0.3 is 0 Å². The zero-order chi connectivity index (χ0) is 8.67. The van der Waals surface area contributed by atoms with E-state index in [0.717, 1.165) is 0 Å². The van der Waals surface area contributed by atoms with Crippen molar-refractivity contribution in [2.75, 3.05) is 0 Å². The van der Waals surface area contributed by atoms with Crippen molar-refractivity contribution in [2.45, 2.75) is 12.8 Å². The van der Waals surface area contributed by atoms with E-state index in [1.807, 2.05) is 0 Å². The van der Waals surface area contributed by atoms with Crippen LogP contribution in [0.5, 0.6) is 0 Å². The SMILES string of the molecule is c1ccc2c([C]3CC3)cccc2c1. The summed E-state index contributed by atoms with van der Waals surface area (Å²) in [5.41, 5.74) is 1.47. The van der Waals surface area contributed by atoms with Crippen molar-refractivity contribution >= 4 is 10.8 Å². The Hall–Kier alpha value is -1.30. The Bertz CT molecular complexity index is 433. The summed E-state index contributed by atoms with van der Waals surface area (Å²) in [6.45, 7) is 0. The van der Waals surface area contributed by atoms with Crippen LogP contribution in [-0.2, 0) is 0 Å². The Kier molecular flexibility index (Phi) is 1.42. The Labute approximate surface area is 78.2 Å². The van der Waals surface area contributed by atoms with Crippen LogP contribution in [0.3, 0.4) is 0 Å². The van der Waals surface area contributed by atoms with E-state index < -0.39 is 0 Å². The quantitative estimate of drug-likeness (QED) is 0.609. The number of fused-ring (bicyclic) bond motifs is 1. The minimum absolute atomic E-state index is 1.30. The summed E-state index contributed by atoms with van der Waals surface area (Å²) < 4.78 is 0. The van der Waals surface area contributed by atoms with Crippen molar-refractivity contribution in [3.8, 4) is 0 Å². The van der Waals surface area contributed by atoms with Gasteiger partial charge in [-0.3, -0.25) is 0 Å². The Morgan fingerprint density at radius 1 is 0.769 bits per heavy atom. The molecule has 0 saturated heterocycles. The van der Waals surface area contributed by atoms with Gasteiger partial charge in [0, 0.05) is 5.92 Å². The van der Waals surface area contributed by atoms with Crippen LogP contribution in [-0.4, -0.2) is 0 Å². The van der Waals surface area contributed by atoms with Crippen molar-refractivity contribution in [3.05, 3.63) is 53.9 Å². The van der Waals surface area contributed by atoms with Crippen molar-refractivity contribution in [3.63, 3.8) is 0 Å². The fourth-order valence-corrected chi connectivity index (χ4v) is 1.87. The first-order valence-corrected chi connectivity index (χ1v) is 4.78. The van der Waals surface area contributed by atoms with Crippen LogP contribution >= 0.6 is 0 Å². The normalized spacial score (nSPS) is 16.3. The minimum Gasteiger partial charge on any atom is -0.0616 e. The van der Waals surface area contributed by atoms with Crippen molar-refractivity contribution in [1.29, 1.82) is 0 Å². The average Bonchev–Trinajstić information content (AvgIpc) is 3.00. The molecule has 0 aromatic heterocycles. The first-order valence-electron chi connectivity index (χ1n) is 4.78. The second-order valence-electron chi connectivity index (χ2n) is 3.63. The lowest BCUT2D eigenvalue weighted by Crippen LogP contribution is -1.82. The predicted octanol–water partition coefficient (Wildman–Crippen LogP) is 3.56. The molecule has 2 aromatic carbocycles. The lowest BCUT2D eigenvalue weighted by Gasteiger charge is -2.03. The van der Waals surface area contributed by atoms with Crippen LogP contribution in [0.25, 0.3) is 10.8 Å². The van der Waals surface area contributed by atoms with Crippen molar-refractivity contribution in [2.24, 2.45) is 0 Å². The molecule has 0 unspecified atom stereocenters. The zero-order valence-corrected chi connectivity index (χ0v) is 7.46. The summed E-state index contributed by atoms with van der Waals surface area (Å²) in [5, 5.41) is 2.77. The van der Waals surface area contributed by atoms with E-state index in [2.05, 4.69) is 42.5 Å². The highest BCUT2D eigenvalue weighted by Gasteiger charge is 2.25. The maximum atomic E-state index is 2.24. The molecule has 3 rings (SSSR count). The van der Waals surface area contributed by atoms with E-state index in [1.54, 1.807) is 5.92 Å². The van der Waals surface area contributed by atoms with E-state index in [9.17, 15) is 0 Å². The molecule has 1 aliphatic carbocycles. The molecule has 0 spiro atoms. The van der Waals surface area contributed by atoms with Crippen molar-refractivity contribution in [1.82, 2.24) is 0 Å². The van der Waals surface area contributed by atoms with Crippen LogP contribution in [0.1, 0.15) is 18.4 Å². The van der Waals surface area contributed by atoms with Gasteiger partial charge in [-0.1, -0.05) is 42.5 Å². The molecule has 1 aliphatic rings. The number of rotatable bonds is 1. The van der Waals surface area contributed by atoms with E-state index in [-0.39, 0.29) is 0 Å². The monoisotopic (exact) mass is 167 g/mol.